The minimum absolute atomic E-state index is 0.0729. The van der Waals surface area contributed by atoms with E-state index in [-0.39, 0.29) is 29.6 Å². The number of halogens is 1. The van der Waals surface area contributed by atoms with E-state index in [2.05, 4.69) is 60.8 Å². The number of hydrogen-bond donors (Lipinski definition) is 1. The summed E-state index contributed by atoms with van der Waals surface area (Å²) in [5.41, 5.74) is 6.10. The van der Waals surface area contributed by atoms with Gasteiger partial charge in [0.2, 0.25) is 5.91 Å². The van der Waals surface area contributed by atoms with Crippen molar-refractivity contribution in [1.82, 2.24) is 0 Å². The number of amides is 1. The summed E-state index contributed by atoms with van der Waals surface area (Å²) in [5.74, 6) is 0.565. The van der Waals surface area contributed by atoms with Gasteiger partial charge in [-0.15, -0.1) is 0 Å². The van der Waals surface area contributed by atoms with E-state index < -0.39 is 0 Å². The van der Waals surface area contributed by atoms with Gasteiger partial charge in [-0.1, -0.05) is 73.1 Å². The largest absolute Gasteiger partial charge is 0.326 e. The SMILES string of the molecule is CC1C2c3ccccc3C(c3ccccc32)C1C(=O)Nc1cccc(Cl)c1. The molecule has 3 aliphatic rings. The van der Waals surface area contributed by atoms with Gasteiger partial charge in [-0.2, -0.15) is 0 Å². The Morgan fingerprint density at radius 1 is 0.815 bits per heavy atom. The maximum absolute atomic E-state index is 13.3. The Labute approximate surface area is 164 Å². The predicted octanol–water partition coefficient (Wildman–Crippen LogP) is 5.82. The molecule has 0 spiro atoms. The Kier molecular flexibility index (Phi) is 3.84. The first-order chi connectivity index (χ1) is 13.1. The first-order valence-electron chi connectivity index (χ1n) is 9.39. The van der Waals surface area contributed by atoms with Gasteiger partial charge >= 0.3 is 0 Å². The molecular formula is C24H20ClNO. The lowest BCUT2D eigenvalue weighted by Gasteiger charge is -2.49. The first-order valence-corrected chi connectivity index (χ1v) is 9.77. The number of carbonyl (C=O) groups excluding carboxylic acids is 1. The summed E-state index contributed by atoms with van der Waals surface area (Å²) in [6.07, 6.45) is 0. The van der Waals surface area contributed by atoms with Crippen molar-refractivity contribution in [3.63, 3.8) is 0 Å². The van der Waals surface area contributed by atoms with Crippen LogP contribution >= 0.6 is 11.6 Å². The third-order valence-corrected chi connectivity index (χ3v) is 6.41. The fourth-order valence-corrected chi connectivity index (χ4v) is 5.33. The Morgan fingerprint density at radius 3 is 1.93 bits per heavy atom. The van der Waals surface area contributed by atoms with Crippen LogP contribution in [-0.2, 0) is 4.79 Å². The monoisotopic (exact) mass is 373 g/mol. The molecule has 0 heterocycles. The highest BCUT2D eigenvalue weighted by Crippen LogP contribution is 2.58. The van der Waals surface area contributed by atoms with Crippen molar-refractivity contribution in [2.24, 2.45) is 11.8 Å². The van der Waals surface area contributed by atoms with E-state index in [9.17, 15) is 4.79 Å². The quantitative estimate of drug-likeness (QED) is 0.602. The van der Waals surface area contributed by atoms with Crippen molar-refractivity contribution in [2.45, 2.75) is 18.8 Å². The van der Waals surface area contributed by atoms with E-state index in [0.29, 0.717) is 5.02 Å². The second kappa shape index (κ2) is 6.24. The normalized spacial score (nSPS) is 24.8. The Balaban J connectivity index is 1.60. The molecule has 0 radical (unpaired) electrons. The molecule has 0 aliphatic heterocycles. The summed E-state index contributed by atoms with van der Waals surface area (Å²) < 4.78 is 0. The number of anilines is 1. The minimum Gasteiger partial charge on any atom is -0.326 e. The van der Waals surface area contributed by atoms with Crippen molar-refractivity contribution in [2.75, 3.05) is 5.32 Å². The Hall–Kier alpha value is -2.58. The van der Waals surface area contributed by atoms with Crippen LogP contribution in [0.2, 0.25) is 5.02 Å². The van der Waals surface area contributed by atoms with Crippen LogP contribution < -0.4 is 5.32 Å². The molecule has 1 amide bonds. The summed E-state index contributed by atoms with van der Waals surface area (Å²) in [4.78, 5) is 13.3. The maximum atomic E-state index is 13.3. The number of carbonyl (C=O) groups is 1. The van der Waals surface area contributed by atoms with Gasteiger partial charge in [0, 0.05) is 22.5 Å². The molecule has 27 heavy (non-hydrogen) atoms. The van der Waals surface area contributed by atoms with Gasteiger partial charge in [0.15, 0.2) is 0 Å². The van der Waals surface area contributed by atoms with Crippen LogP contribution in [-0.4, -0.2) is 5.91 Å². The van der Waals surface area contributed by atoms with Gasteiger partial charge in [-0.3, -0.25) is 4.79 Å². The van der Waals surface area contributed by atoms with Crippen molar-refractivity contribution in [3.8, 4) is 0 Å². The van der Waals surface area contributed by atoms with Crippen LogP contribution in [0.5, 0.6) is 0 Å². The fourth-order valence-electron chi connectivity index (χ4n) is 5.14. The summed E-state index contributed by atoms with van der Waals surface area (Å²) in [6, 6.07) is 24.6. The zero-order valence-corrected chi connectivity index (χ0v) is 15.8. The highest BCUT2D eigenvalue weighted by Gasteiger charge is 2.50. The van der Waals surface area contributed by atoms with E-state index in [1.54, 1.807) is 6.07 Å². The molecule has 2 unspecified atom stereocenters. The molecule has 0 fully saturated rings. The third kappa shape index (κ3) is 2.51. The molecule has 0 aromatic heterocycles. The smallest absolute Gasteiger partial charge is 0.228 e. The Bertz CT molecular complexity index is 996. The van der Waals surface area contributed by atoms with E-state index in [1.807, 2.05) is 18.2 Å². The maximum Gasteiger partial charge on any atom is 0.228 e. The lowest BCUT2D eigenvalue weighted by Crippen LogP contribution is -2.44. The number of rotatable bonds is 2. The third-order valence-electron chi connectivity index (χ3n) is 6.18. The Morgan fingerprint density at radius 2 is 1.37 bits per heavy atom. The van der Waals surface area contributed by atoms with Crippen LogP contribution in [0.25, 0.3) is 0 Å². The zero-order chi connectivity index (χ0) is 18.5. The highest BCUT2D eigenvalue weighted by molar-refractivity contribution is 6.30. The van der Waals surface area contributed by atoms with Crippen molar-refractivity contribution < 1.29 is 4.79 Å². The van der Waals surface area contributed by atoms with E-state index in [4.69, 9.17) is 11.6 Å². The molecule has 3 aromatic carbocycles. The van der Waals surface area contributed by atoms with Gasteiger partial charge in [-0.05, 0) is 46.4 Å². The summed E-state index contributed by atoms with van der Waals surface area (Å²) in [6.45, 7) is 2.21. The summed E-state index contributed by atoms with van der Waals surface area (Å²) >= 11 is 6.09. The standard InChI is InChI=1S/C24H20ClNO/c1-14-21-17-9-2-4-11-19(17)23(20-12-5-3-10-18(20)21)22(14)24(27)26-16-8-6-7-15(25)13-16/h2-14,21-23H,1H3,(H,26,27). The molecule has 6 rings (SSSR count). The van der Waals surface area contributed by atoms with Crippen LogP contribution in [0.15, 0.2) is 72.8 Å². The van der Waals surface area contributed by atoms with Crippen LogP contribution in [0.3, 0.4) is 0 Å². The second-order valence-electron chi connectivity index (χ2n) is 7.60. The predicted molar refractivity (Wildman–Crippen MR) is 109 cm³/mol. The van der Waals surface area contributed by atoms with Crippen molar-refractivity contribution in [3.05, 3.63) is 100 Å². The number of nitrogens with one attached hydrogen (secondary N) is 1. The van der Waals surface area contributed by atoms with Crippen LogP contribution in [0, 0.1) is 11.8 Å². The molecule has 2 nitrogen and oxygen atoms in total. The number of hydrogen-bond acceptors (Lipinski definition) is 1. The molecule has 2 bridgehead atoms. The second-order valence-corrected chi connectivity index (χ2v) is 8.03. The van der Waals surface area contributed by atoms with Gasteiger partial charge in [0.25, 0.3) is 0 Å². The summed E-state index contributed by atoms with van der Waals surface area (Å²) in [7, 11) is 0. The average molecular weight is 374 g/mol. The molecule has 0 saturated carbocycles. The summed E-state index contributed by atoms with van der Waals surface area (Å²) in [5, 5.41) is 3.73. The molecule has 3 heteroatoms. The average Bonchev–Trinajstić information content (AvgIpc) is 2.68. The van der Waals surface area contributed by atoms with E-state index in [0.717, 1.165) is 5.69 Å². The van der Waals surface area contributed by atoms with Crippen molar-refractivity contribution in [1.29, 1.82) is 0 Å². The molecule has 1 N–H and O–H groups in total. The van der Waals surface area contributed by atoms with Gasteiger partial charge in [-0.25, -0.2) is 0 Å². The lowest BCUT2D eigenvalue weighted by atomic mass is 9.54. The van der Waals surface area contributed by atoms with Crippen molar-refractivity contribution >= 4 is 23.2 Å². The molecule has 0 saturated heterocycles. The van der Waals surface area contributed by atoms with Crippen LogP contribution in [0.1, 0.15) is 41.0 Å². The molecule has 3 aromatic rings. The minimum atomic E-state index is -0.0984. The van der Waals surface area contributed by atoms with E-state index in [1.165, 1.54) is 22.3 Å². The fraction of sp³-hybridized carbons (Fsp3) is 0.208. The topological polar surface area (TPSA) is 29.1 Å². The highest BCUT2D eigenvalue weighted by atomic mass is 35.5. The molecule has 134 valence electrons. The zero-order valence-electron chi connectivity index (χ0n) is 15.0. The number of fused-ring (bicyclic) bond motifs is 1. The molecule has 2 atom stereocenters. The molecular weight excluding hydrogens is 354 g/mol. The van der Waals surface area contributed by atoms with Gasteiger partial charge in [0.05, 0.1) is 5.92 Å². The first kappa shape index (κ1) is 16.6. The van der Waals surface area contributed by atoms with E-state index >= 15 is 0 Å². The number of benzene rings is 3. The lowest BCUT2D eigenvalue weighted by molar-refractivity contribution is -0.122. The van der Waals surface area contributed by atoms with Gasteiger partial charge in [0.1, 0.15) is 0 Å². The molecule has 3 aliphatic carbocycles. The van der Waals surface area contributed by atoms with Crippen LogP contribution in [0.4, 0.5) is 5.69 Å². The van der Waals surface area contributed by atoms with Gasteiger partial charge < -0.3 is 5.32 Å².